The van der Waals surface area contributed by atoms with Gasteiger partial charge in [-0.3, -0.25) is 4.90 Å². The molecule has 2 fully saturated rings. The summed E-state index contributed by atoms with van der Waals surface area (Å²) >= 11 is 0. The quantitative estimate of drug-likeness (QED) is 0.701. The molecule has 148 valence electrons. The monoisotopic (exact) mass is 377 g/mol. The van der Waals surface area contributed by atoms with E-state index in [-0.39, 0.29) is 11.6 Å². The molecule has 2 aromatic rings. The van der Waals surface area contributed by atoms with Gasteiger partial charge in [-0.2, -0.15) is 0 Å². The largest absolute Gasteiger partial charge is 0.496 e. The Balaban J connectivity index is 1.69. The minimum Gasteiger partial charge on any atom is -0.496 e. The number of nitrogens with zero attached hydrogens (tertiary/aromatic N) is 1. The molecule has 1 aliphatic carbocycles. The van der Waals surface area contributed by atoms with Crippen molar-refractivity contribution < 1.29 is 4.74 Å². The Labute approximate surface area is 168 Å². The Bertz CT molecular complexity index is 801. The molecule has 2 aliphatic rings. The van der Waals surface area contributed by atoms with E-state index in [4.69, 9.17) is 4.74 Å². The predicted octanol–water partition coefficient (Wildman–Crippen LogP) is 4.67. The van der Waals surface area contributed by atoms with Crippen molar-refractivity contribution in [3.05, 3.63) is 66.2 Å². The zero-order chi connectivity index (χ0) is 19.6. The molecule has 0 spiro atoms. The maximum absolute atomic E-state index is 5.65. The molecule has 1 unspecified atom stereocenters. The Hall–Kier alpha value is -2.46. The standard InChI is InChI=1S/C24H31N3O/c1-18(22-20(25-2)12-9-13-21(22)28-3)26-23(19-10-5-4-6-11-19)24(14-15-24)27-16-7-8-17-27/h4-6,9-13,23,25-26H,1,7-8,14-17H2,2-3H3. The lowest BCUT2D eigenvalue weighted by Gasteiger charge is -2.37. The van der Waals surface area contributed by atoms with E-state index < -0.39 is 0 Å². The van der Waals surface area contributed by atoms with Gasteiger partial charge in [-0.25, -0.2) is 0 Å². The highest BCUT2D eigenvalue weighted by molar-refractivity contribution is 5.79. The maximum Gasteiger partial charge on any atom is 0.130 e. The molecule has 2 N–H and O–H groups in total. The molecule has 4 heteroatoms. The van der Waals surface area contributed by atoms with Crippen LogP contribution in [0.3, 0.4) is 0 Å². The maximum atomic E-state index is 5.65. The number of ether oxygens (including phenoxy) is 1. The highest BCUT2D eigenvalue weighted by Crippen LogP contribution is 2.53. The average molecular weight is 378 g/mol. The molecule has 1 heterocycles. The number of hydrogen-bond donors (Lipinski definition) is 2. The van der Waals surface area contributed by atoms with Crippen LogP contribution in [0.15, 0.2) is 55.1 Å². The number of rotatable bonds is 8. The summed E-state index contributed by atoms with van der Waals surface area (Å²) in [6, 6.07) is 17.1. The van der Waals surface area contributed by atoms with Crippen molar-refractivity contribution in [2.24, 2.45) is 0 Å². The van der Waals surface area contributed by atoms with Crippen LogP contribution in [0.5, 0.6) is 5.75 Å². The summed E-state index contributed by atoms with van der Waals surface area (Å²) in [6.07, 6.45) is 5.08. The number of nitrogens with one attached hydrogen (secondary N) is 2. The van der Waals surface area contributed by atoms with Crippen molar-refractivity contribution in [1.82, 2.24) is 10.2 Å². The molecule has 2 aromatic carbocycles. The van der Waals surface area contributed by atoms with Gasteiger partial charge in [0.15, 0.2) is 0 Å². The number of likely N-dealkylation sites (tertiary alicyclic amines) is 1. The Kier molecular flexibility index (Phi) is 5.31. The Morgan fingerprint density at radius 1 is 1.07 bits per heavy atom. The molecule has 1 atom stereocenters. The highest BCUT2D eigenvalue weighted by atomic mass is 16.5. The van der Waals surface area contributed by atoms with E-state index in [1.807, 2.05) is 19.2 Å². The summed E-state index contributed by atoms with van der Waals surface area (Å²) in [5, 5.41) is 7.10. The molecule has 28 heavy (non-hydrogen) atoms. The van der Waals surface area contributed by atoms with Gasteiger partial charge in [0.05, 0.1) is 18.7 Å². The van der Waals surface area contributed by atoms with Crippen LogP contribution in [0.25, 0.3) is 5.70 Å². The minimum absolute atomic E-state index is 0.197. The molecule has 4 nitrogen and oxygen atoms in total. The van der Waals surface area contributed by atoms with Crippen LogP contribution < -0.4 is 15.4 Å². The van der Waals surface area contributed by atoms with E-state index in [1.165, 1.54) is 44.3 Å². The first kappa shape index (κ1) is 18.9. The highest BCUT2D eigenvalue weighted by Gasteiger charge is 2.54. The van der Waals surface area contributed by atoms with Crippen LogP contribution in [-0.2, 0) is 0 Å². The van der Waals surface area contributed by atoms with E-state index in [0.29, 0.717) is 0 Å². The van der Waals surface area contributed by atoms with Crippen LogP contribution in [-0.4, -0.2) is 37.7 Å². The van der Waals surface area contributed by atoms with Gasteiger partial charge in [-0.15, -0.1) is 0 Å². The van der Waals surface area contributed by atoms with Crippen LogP contribution in [0.1, 0.15) is 42.9 Å². The fraction of sp³-hybridized carbons (Fsp3) is 0.417. The number of hydrogen-bond acceptors (Lipinski definition) is 4. The van der Waals surface area contributed by atoms with Crippen molar-refractivity contribution in [3.8, 4) is 5.75 Å². The molecular weight excluding hydrogens is 346 g/mol. The third-order valence-electron chi connectivity index (χ3n) is 6.30. The van der Waals surface area contributed by atoms with Crippen molar-refractivity contribution in [1.29, 1.82) is 0 Å². The van der Waals surface area contributed by atoms with Crippen LogP contribution >= 0.6 is 0 Å². The predicted molar refractivity (Wildman–Crippen MR) is 117 cm³/mol. The Morgan fingerprint density at radius 2 is 1.79 bits per heavy atom. The summed E-state index contributed by atoms with van der Waals surface area (Å²) < 4.78 is 5.65. The van der Waals surface area contributed by atoms with Crippen molar-refractivity contribution in [3.63, 3.8) is 0 Å². The molecule has 0 radical (unpaired) electrons. The molecule has 0 bridgehead atoms. The van der Waals surface area contributed by atoms with Gasteiger partial charge in [0.25, 0.3) is 0 Å². The molecule has 1 saturated carbocycles. The fourth-order valence-corrected chi connectivity index (χ4v) is 4.72. The van der Waals surface area contributed by atoms with Crippen LogP contribution in [0.2, 0.25) is 0 Å². The van der Waals surface area contributed by atoms with E-state index >= 15 is 0 Å². The third kappa shape index (κ3) is 3.37. The number of anilines is 1. The summed E-state index contributed by atoms with van der Waals surface area (Å²) in [6.45, 7) is 6.83. The first-order chi connectivity index (χ1) is 13.7. The normalized spacial score (nSPS) is 19.1. The lowest BCUT2D eigenvalue weighted by Crippen LogP contribution is -2.45. The van der Waals surface area contributed by atoms with E-state index in [2.05, 4.69) is 58.5 Å². The molecular formula is C24H31N3O. The van der Waals surface area contributed by atoms with Crippen molar-refractivity contribution in [2.75, 3.05) is 32.6 Å². The molecule has 4 rings (SSSR count). The second-order valence-corrected chi connectivity index (χ2v) is 7.90. The lowest BCUT2D eigenvalue weighted by atomic mass is 9.94. The average Bonchev–Trinajstić information content (AvgIpc) is 3.35. The molecule has 1 aliphatic heterocycles. The van der Waals surface area contributed by atoms with Gasteiger partial charge < -0.3 is 15.4 Å². The molecule has 1 saturated heterocycles. The van der Waals surface area contributed by atoms with Gasteiger partial charge in [0.2, 0.25) is 0 Å². The summed E-state index contributed by atoms with van der Waals surface area (Å²) in [5.41, 5.74) is 4.46. The first-order valence-corrected chi connectivity index (χ1v) is 10.3. The number of benzene rings is 2. The van der Waals surface area contributed by atoms with Crippen molar-refractivity contribution >= 4 is 11.4 Å². The zero-order valence-corrected chi connectivity index (χ0v) is 17.0. The van der Waals surface area contributed by atoms with Gasteiger partial charge in [-0.05, 0) is 56.5 Å². The topological polar surface area (TPSA) is 36.5 Å². The van der Waals surface area contributed by atoms with E-state index in [9.17, 15) is 0 Å². The van der Waals surface area contributed by atoms with Gasteiger partial charge >= 0.3 is 0 Å². The smallest absolute Gasteiger partial charge is 0.130 e. The number of methoxy groups -OCH3 is 1. The fourth-order valence-electron chi connectivity index (χ4n) is 4.72. The minimum atomic E-state index is 0.197. The first-order valence-electron chi connectivity index (χ1n) is 10.3. The second-order valence-electron chi connectivity index (χ2n) is 7.90. The van der Waals surface area contributed by atoms with Gasteiger partial charge in [0.1, 0.15) is 5.75 Å². The lowest BCUT2D eigenvalue weighted by molar-refractivity contribution is 0.178. The Morgan fingerprint density at radius 3 is 2.39 bits per heavy atom. The zero-order valence-electron chi connectivity index (χ0n) is 17.0. The molecule has 0 amide bonds. The summed E-state index contributed by atoms with van der Waals surface area (Å²) in [5.74, 6) is 0.835. The summed E-state index contributed by atoms with van der Waals surface area (Å²) in [7, 11) is 3.65. The van der Waals surface area contributed by atoms with Crippen LogP contribution in [0.4, 0.5) is 5.69 Å². The van der Waals surface area contributed by atoms with E-state index in [0.717, 1.165) is 22.7 Å². The van der Waals surface area contributed by atoms with E-state index in [1.54, 1.807) is 7.11 Å². The third-order valence-corrected chi connectivity index (χ3v) is 6.30. The molecule has 0 aromatic heterocycles. The van der Waals surface area contributed by atoms with Gasteiger partial charge in [0, 0.05) is 24.0 Å². The van der Waals surface area contributed by atoms with Gasteiger partial charge in [-0.1, -0.05) is 43.0 Å². The second kappa shape index (κ2) is 7.88. The SMILES string of the molecule is C=C(NC(c1ccccc1)C1(N2CCCC2)CC1)c1c(NC)cccc1OC. The van der Waals surface area contributed by atoms with Crippen LogP contribution in [0, 0.1) is 0 Å². The van der Waals surface area contributed by atoms with Crippen molar-refractivity contribution in [2.45, 2.75) is 37.3 Å². The summed E-state index contributed by atoms with van der Waals surface area (Å²) in [4.78, 5) is 2.70.